The van der Waals surface area contributed by atoms with Crippen LogP contribution < -0.4 is 5.73 Å². The summed E-state index contributed by atoms with van der Waals surface area (Å²) in [5.74, 6) is -3.12. The molecule has 102 valence electrons. The number of pyridine rings is 1. The van der Waals surface area contributed by atoms with Crippen LogP contribution in [0.2, 0.25) is 0 Å². The number of imidazole rings is 1. The van der Waals surface area contributed by atoms with Crippen LogP contribution in [-0.4, -0.2) is 9.38 Å². The third-order valence-electron chi connectivity index (χ3n) is 3.15. The van der Waals surface area contributed by atoms with Crippen molar-refractivity contribution < 1.29 is 13.2 Å². The van der Waals surface area contributed by atoms with E-state index in [-0.39, 0.29) is 17.1 Å². The lowest BCUT2D eigenvalue weighted by atomic mass is 10.1. The van der Waals surface area contributed by atoms with Gasteiger partial charge in [0.2, 0.25) is 0 Å². The zero-order chi connectivity index (χ0) is 14.4. The number of hydrogen-bond acceptors (Lipinski definition) is 2. The molecule has 0 unspecified atom stereocenters. The van der Waals surface area contributed by atoms with Gasteiger partial charge in [-0.2, -0.15) is 0 Å². The van der Waals surface area contributed by atoms with Gasteiger partial charge < -0.3 is 5.73 Å². The molecule has 0 radical (unpaired) electrons. The zero-order valence-corrected chi connectivity index (χ0v) is 10.5. The second-order valence-electron chi connectivity index (χ2n) is 4.48. The van der Waals surface area contributed by atoms with Gasteiger partial charge in [-0.3, -0.25) is 4.40 Å². The van der Waals surface area contributed by atoms with Gasteiger partial charge >= 0.3 is 0 Å². The van der Waals surface area contributed by atoms with Crippen molar-refractivity contribution in [3.05, 3.63) is 53.5 Å². The van der Waals surface area contributed by atoms with Crippen LogP contribution in [0.1, 0.15) is 5.56 Å². The molecule has 1 aromatic carbocycles. The van der Waals surface area contributed by atoms with Gasteiger partial charge in [-0.1, -0.05) is 6.07 Å². The highest BCUT2D eigenvalue weighted by Gasteiger charge is 2.18. The summed E-state index contributed by atoms with van der Waals surface area (Å²) in [5, 5.41) is 0. The number of halogens is 3. The number of nitrogen functional groups attached to an aromatic ring is 1. The summed E-state index contributed by atoms with van der Waals surface area (Å²) in [4.78, 5) is 4.22. The minimum atomic E-state index is -1.25. The van der Waals surface area contributed by atoms with E-state index in [9.17, 15) is 13.2 Å². The molecular weight excluding hydrogens is 267 g/mol. The topological polar surface area (TPSA) is 43.3 Å². The monoisotopic (exact) mass is 277 g/mol. The predicted octanol–water partition coefficient (Wildman–Crippen LogP) is 3.31. The lowest BCUT2D eigenvalue weighted by molar-refractivity contribution is 0.496. The van der Waals surface area contributed by atoms with Crippen molar-refractivity contribution in [2.24, 2.45) is 0 Å². The Morgan fingerprint density at radius 1 is 1.10 bits per heavy atom. The fraction of sp³-hybridized carbons (Fsp3) is 0.0714. The first-order valence-electron chi connectivity index (χ1n) is 5.87. The first kappa shape index (κ1) is 12.5. The highest BCUT2D eigenvalue weighted by molar-refractivity contribution is 5.76. The summed E-state index contributed by atoms with van der Waals surface area (Å²) in [6.07, 6.45) is 1.67. The smallest absolute Gasteiger partial charge is 0.161 e. The molecule has 0 fully saturated rings. The number of hydrogen-bond donors (Lipinski definition) is 1. The highest BCUT2D eigenvalue weighted by atomic mass is 19.2. The molecule has 6 heteroatoms. The van der Waals surface area contributed by atoms with Crippen molar-refractivity contribution in [3.8, 4) is 11.3 Å². The number of nitrogens with zero attached hydrogens (tertiary/aromatic N) is 2. The molecule has 0 aliphatic carbocycles. The second kappa shape index (κ2) is 4.26. The standard InChI is InChI=1S/C14H10F3N3/c1-7-3-2-4-20-13(18)12(19-14(7)20)8-5-10(16)11(17)6-9(8)15/h2-6H,18H2,1H3. The van der Waals surface area contributed by atoms with Gasteiger partial charge in [0.1, 0.15) is 23.0 Å². The van der Waals surface area contributed by atoms with Crippen LogP contribution in [0.15, 0.2) is 30.5 Å². The summed E-state index contributed by atoms with van der Waals surface area (Å²) in [6.45, 7) is 1.83. The lowest BCUT2D eigenvalue weighted by Crippen LogP contribution is -1.97. The Morgan fingerprint density at radius 3 is 2.50 bits per heavy atom. The number of aryl methyl sites for hydroxylation is 1. The molecule has 0 bridgehead atoms. The molecule has 2 aromatic heterocycles. The molecular formula is C14H10F3N3. The minimum Gasteiger partial charge on any atom is -0.383 e. The molecule has 0 atom stereocenters. The Morgan fingerprint density at radius 2 is 1.80 bits per heavy atom. The van der Waals surface area contributed by atoms with Crippen LogP contribution in [0.4, 0.5) is 19.0 Å². The van der Waals surface area contributed by atoms with Gasteiger partial charge in [0.15, 0.2) is 11.6 Å². The average molecular weight is 277 g/mol. The Balaban J connectivity index is 2.33. The number of rotatable bonds is 1. The number of aromatic nitrogens is 2. The molecule has 20 heavy (non-hydrogen) atoms. The fourth-order valence-electron chi connectivity index (χ4n) is 2.12. The first-order chi connectivity index (χ1) is 9.49. The van der Waals surface area contributed by atoms with Gasteiger partial charge in [-0.05, 0) is 24.6 Å². The third-order valence-corrected chi connectivity index (χ3v) is 3.15. The van der Waals surface area contributed by atoms with Crippen LogP contribution in [0, 0.1) is 24.4 Å². The predicted molar refractivity (Wildman–Crippen MR) is 69.7 cm³/mol. The molecule has 0 spiro atoms. The van der Waals surface area contributed by atoms with E-state index in [1.54, 1.807) is 16.7 Å². The van der Waals surface area contributed by atoms with Gasteiger partial charge in [-0.15, -0.1) is 0 Å². The summed E-state index contributed by atoms with van der Waals surface area (Å²) in [5.41, 5.74) is 7.23. The summed E-state index contributed by atoms with van der Waals surface area (Å²) < 4.78 is 41.7. The molecule has 0 amide bonds. The van der Waals surface area contributed by atoms with Crippen molar-refractivity contribution in [3.63, 3.8) is 0 Å². The van der Waals surface area contributed by atoms with E-state index in [1.807, 2.05) is 13.0 Å². The Kier molecular flexibility index (Phi) is 2.67. The maximum Gasteiger partial charge on any atom is 0.161 e. The van der Waals surface area contributed by atoms with E-state index in [2.05, 4.69) is 4.98 Å². The minimum absolute atomic E-state index is 0.0932. The number of fused-ring (bicyclic) bond motifs is 1. The largest absolute Gasteiger partial charge is 0.383 e. The maximum absolute atomic E-state index is 13.8. The van der Waals surface area contributed by atoms with Gasteiger partial charge in [0.25, 0.3) is 0 Å². The van der Waals surface area contributed by atoms with Crippen LogP contribution in [-0.2, 0) is 0 Å². The Hall–Kier alpha value is -2.50. The van der Waals surface area contributed by atoms with E-state index in [4.69, 9.17) is 5.73 Å². The SMILES string of the molecule is Cc1cccn2c(N)c(-c3cc(F)c(F)cc3F)nc12. The van der Waals surface area contributed by atoms with Gasteiger partial charge in [0, 0.05) is 17.8 Å². The van der Waals surface area contributed by atoms with E-state index < -0.39 is 17.5 Å². The van der Waals surface area contributed by atoms with Crippen molar-refractivity contribution in [2.75, 3.05) is 5.73 Å². The van der Waals surface area contributed by atoms with Crippen molar-refractivity contribution >= 4 is 11.5 Å². The molecule has 3 aromatic rings. The van der Waals surface area contributed by atoms with Crippen LogP contribution in [0.25, 0.3) is 16.9 Å². The lowest BCUT2D eigenvalue weighted by Gasteiger charge is -2.02. The van der Waals surface area contributed by atoms with Crippen molar-refractivity contribution in [1.29, 1.82) is 0 Å². The number of benzene rings is 1. The Bertz CT molecular complexity index is 824. The molecule has 0 aliphatic heterocycles. The third kappa shape index (κ3) is 1.72. The van der Waals surface area contributed by atoms with Crippen molar-refractivity contribution in [2.45, 2.75) is 6.92 Å². The maximum atomic E-state index is 13.8. The average Bonchev–Trinajstić information content (AvgIpc) is 2.73. The zero-order valence-electron chi connectivity index (χ0n) is 10.5. The molecule has 3 rings (SSSR count). The molecule has 0 aliphatic rings. The molecule has 0 saturated heterocycles. The van der Waals surface area contributed by atoms with Crippen LogP contribution >= 0.6 is 0 Å². The van der Waals surface area contributed by atoms with Crippen LogP contribution in [0.3, 0.4) is 0 Å². The summed E-state index contributed by atoms with van der Waals surface area (Å²) >= 11 is 0. The fourth-order valence-corrected chi connectivity index (χ4v) is 2.12. The molecule has 2 N–H and O–H groups in total. The number of nitrogens with two attached hydrogens (primary N) is 1. The van der Waals surface area contributed by atoms with E-state index in [1.165, 1.54) is 0 Å². The van der Waals surface area contributed by atoms with E-state index >= 15 is 0 Å². The number of anilines is 1. The van der Waals surface area contributed by atoms with Gasteiger partial charge in [0.05, 0.1) is 0 Å². The van der Waals surface area contributed by atoms with Gasteiger partial charge in [-0.25, -0.2) is 18.2 Å². The van der Waals surface area contributed by atoms with Crippen LogP contribution in [0.5, 0.6) is 0 Å². The molecule has 3 nitrogen and oxygen atoms in total. The first-order valence-corrected chi connectivity index (χ1v) is 5.87. The van der Waals surface area contributed by atoms with Crippen molar-refractivity contribution in [1.82, 2.24) is 9.38 Å². The summed E-state index contributed by atoms with van der Waals surface area (Å²) in [6, 6.07) is 4.85. The van der Waals surface area contributed by atoms with E-state index in [0.29, 0.717) is 11.7 Å². The Labute approximate surface area is 112 Å². The summed E-state index contributed by atoms with van der Waals surface area (Å²) in [7, 11) is 0. The second-order valence-corrected chi connectivity index (χ2v) is 4.48. The van der Waals surface area contributed by atoms with E-state index in [0.717, 1.165) is 11.6 Å². The molecule has 0 saturated carbocycles. The quantitative estimate of drug-likeness (QED) is 0.693. The normalized spacial score (nSPS) is 11.2. The highest BCUT2D eigenvalue weighted by Crippen LogP contribution is 2.30. The molecule has 2 heterocycles.